The number of fused-ring (bicyclic) bond motifs is 1. The van der Waals surface area contributed by atoms with E-state index >= 15 is 0 Å². The zero-order valence-corrected chi connectivity index (χ0v) is 18.9. The number of ether oxygens (including phenoxy) is 1. The van der Waals surface area contributed by atoms with Gasteiger partial charge in [-0.1, -0.05) is 36.4 Å². The van der Waals surface area contributed by atoms with E-state index < -0.39 is 34.7 Å². The van der Waals surface area contributed by atoms with Crippen LogP contribution in [0.3, 0.4) is 0 Å². The summed E-state index contributed by atoms with van der Waals surface area (Å²) in [4.78, 5) is 36.0. The lowest BCUT2D eigenvalue weighted by Gasteiger charge is -2.28. The Morgan fingerprint density at radius 3 is 2.41 bits per heavy atom. The maximum atomic E-state index is 12.5. The van der Waals surface area contributed by atoms with E-state index in [0.29, 0.717) is 22.5 Å². The van der Waals surface area contributed by atoms with Crippen LogP contribution in [0.2, 0.25) is 0 Å². The smallest absolute Gasteiger partial charge is 0.338 e. The number of carbonyl (C=O) groups excluding carboxylic acids is 3. The van der Waals surface area contributed by atoms with Gasteiger partial charge >= 0.3 is 5.97 Å². The number of amides is 1. The molecular weight excluding hydrogens is 458 g/mol. The largest absolute Gasteiger partial charge is 0.452 e. The molecule has 0 spiro atoms. The van der Waals surface area contributed by atoms with E-state index in [4.69, 9.17) is 4.74 Å². The third-order valence-electron chi connectivity index (χ3n) is 5.12. The second kappa shape index (κ2) is 9.46. The summed E-state index contributed by atoms with van der Waals surface area (Å²) >= 11 is 0. The number of Topliss-reactive ketones (excluding diaryl/α,β-unsaturated/α-hetero) is 1. The fraction of sp³-hybridized carbons (Fsp3) is 0.125. The maximum absolute atomic E-state index is 12.5. The number of para-hydroxylation sites is 1. The Balaban J connectivity index is 1.36. The third-order valence-corrected chi connectivity index (χ3v) is 6.60. The molecule has 0 aliphatic carbocycles. The zero-order chi connectivity index (χ0) is 24.3. The minimum atomic E-state index is -3.68. The van der Waals surface area contributed by atoms with Crippen molar-refractivity contribution in [1.82, 2.24) is 4.72 Å². The van der Waals surface area contributed by atoms with E-state index in [1.54, 1.807) is 48.5 Å². The number of carbonyl (C=O) groups is 3. The number of ketones is 1. The summed E-state index contributed by atoms with van der Waals surface area (Å²) in [5.41, 5.74) is 2.15. The van der Waals surface area contributed by atoms with Crippen LogP contribution >= 0.6 is 0 Å². The number of anilines is 2. The summed E-state index contributed by atoms with van der Waals surface area (Å²) in [6.45, 7) is 0.915. The summed E-state index contributed by atoms with van der Waals surface area (Å²) < 4.78 is 32.6. The van der Waals surface area contributed by atoms with Crippen molar-refractivity contribution in [1.29, 1.82) is 0 Å². The van der Waals surface area contributed by atoms with Crippen molar-refractivity contribution in [3.8, 4) is 0 Å². The monoisotopic (exact) mass is 479 g/mol. The van der Waals surface area contributed by atoms with Gasteiger partial charge < -0.3 is 15.4 Å². The van der Waals surface area contributed by atoms with Crippen molar-refractivity contribution >= 4 is 39.1 Å². The molecule has 3 N–H and O–H groups in total. The number of hydrogen-bond donors (Lipinski definition) is 3. The van der Waals surface area contributed by atoms with Crippen LogP contribution in [0.25, 0.3) is 0 Å². The minimum absolute atomic E-state index is 0.133. The van der Waals surface area contributed by atoms with Gasteiger partial charge in [0.2, 0.25) is 10.0 Å². The second-order valence-electron chi connectivity index (χ2n) is 7.58. The van der Waals surface area contributed by atoms with Gasteiger partial charge in [0.15, 0.2) is 12.4 Å². The number of benzene rings is 3. The maximum Gasteiger partial charge on any atom is 0.338 e. The number of hydrogen-bond acceptors (Lipinski definition) is 7. The topological polar surface area (TPSA) is 131 Å². The van der Waals surface area contributed by atoms with Gasteiger partial charge in [-0.15, -0.1) is 0 Å². The fourth-order valence-electron chi connectivity index (χ4n) is 3.41. The minimum Gasteiger partial charge on any atom is -0.452 e. The van der Waals surface area contributed by atoms with Gasteiger partial charge in [-0.3, -0.25) is 9.59 Å². The van der Waals surface area contributed by atoms with E-state index in [2.05, 4.69) is 15.4 Å². The van der Waals surface area contributed by atoms with Crippen LogP contribution < -0.4 is 15.4 Å². The first-order valence-corrected chi connectivity index (χ1v) is 11.8. The van der Waals surface area contributed by atoms with Crippen LogP contribution in [0.15, 0.2) is 77.7 Å². The molecule has 1 amide bonds. The van der Waals surface area contributed by atoms with Crippen molar-refractivity contribution in [3.63, 3.8) is 0 Å². The first-order chi connectivity index (χ1) is 16.2. The molecule has 34 heavy (non-hydrogen) atoms. The second-order valence-corrected chi connectivity index (χ2v) is 9.26. The summed E-state index contributed by atoms with van der Waals surface area (Å²) in [7, 11) is -3.68. The van der Waals surface area contributed by atoms with Gasteiger partial charge in [-0.2, -0.15) is 4.72 Å². The summed E-state index contributed by atoms with van der Waals surface area (Å²) in [6.07, 6.45) is -0.707. The van der Waals surface area contributed by atoms with Crippen LogP contribution in [0.1, 0.15) is 39.4 Å². The molecule has 0 radical (unpaired) electrons. The number of nitrogens with one attached hydrogen (secondary N) is 3. The molecule has 174 valence electrons. The quantitative estimate of drug-likeness (QED) is 0.366. The molecule has 1 atom stereocenters. The Bertz CT molecular complexity index is 1370. The predicted octanol–water partition coefficient (Wildman–Crippen LogP) is 3.09. The molecule has 10 heteroatoms. The first kappa shape index (κ1) is 23.1. The van der Waals surface area contributed by atoms with Gasteiger partial charge in [-0.05, 0) is 48.9 Å². The highest BCUT2D eigenvalue weighted by atomic mass is 32.2. The number of sulfonamides is 1. The lowest BCUT2D eigenvalue weighted by Crippen LogP contribution is -2.38. The van der Waals surface area contributed by atoms with E-state index in [0.717, 1.165) is 0 Å². The molecule has 1 heterocycles. The van der Waals surface area contributed by atoms with Crippen LogP contribution in [0.4, 0.5) is 11.4 Å². The Hall–Kier alpha value is -4.02. The summed E-state index contributed by atoms with van der Waals surface area (Å²) in [5.74, 6) is -1.39. The van der Waals surface area contributed by atoms with Crippen molar-refractivity contribution in [2.24, 2.45) is 0 Å². The Kier molecular flexibility index (Phi) is 6.44. The predicted molar refractivity (Wildman–Crippen MR) is 125 cm³/mol. The molecule has 0 saturated heterocycles. The van der Waals surface area contributed by atoms with Crippen LogP contribution in [-0.2, 0) is 19.6 Å². The molecule has 4 rings (SSSR count). The zero-order valence-electron chi connectivity index (χ0n) is 18.1. The van der Waals surface area contributed by atoms with Gasteiger partial charge in [0.25, 0.3) is 5.91 Å². The van der Waals surface area contributed by atoms with Crippen LogP contribution in [0, 0.1) is 0 Å². The highest BCUT2D eigenvalue weighted by molar-refractivity contribution is 7.89. The highest BCUT2D eigenvalue weighted by Gasteiger charge is 2.29. The van der Waals surface area contributed by atoms with Crippen molar-refractivity contribution < 1.29 is 27.5 Å². The average molecular weight is 480 g/mol. The molecule has 9 nitrogen and oxygen atoms in total. The molecule has 0 bridgehead atoms. The van der Waals surface area contributed by atoms with Gasteiger partial charge in [0, 0.05) is 11.3 Å². The Morgan fingerprint density at radius 2 is 1.68 bits per heavy atom. The molecule has 0 fully saturated rings. The fourth-order valence-corrected chi connectivity index (χ4v) is 4.72. The lowest BCUT2D eigenvalue weighted by atomic mass is 10.1. The molecule has 1 aliphatic rings. The molecule has 3 aromatic carbocycles. The van der Waals surface area contributed by atoms with Gasteiger partial charge in [-0.25, -0.2) is 13.2 Å². The Morgan fingerprint density at radius 1 is 0.941 bits per heavy atom. The Labute approximate surface area is 196 Å². The van der Waals surface area contributed by atoms with E-state index in [9.17, 15) is 22.8 Å². The first-order valence-electron chi connectivity index (χ1n) is 10.3. The molecule has 0 aromatic heterocycles. The van der Waals surface area contributed by atoms with E-state index in [1.807, 2.05) is 0 Å². The summed E-state index contributed by atoms with van der Waals surface area (Å²) in [5, 5.41) is 5.68. The molecular formula is C24H21N3O6S. The van der Waals surface area contributed by atoms with Crippen LogP contribution in [0.5, 0.6) is 0 Å². The SMILES string of the molecule is CC(=O)c1cccc(NC(=O)COC(=O)c2ccc([C@H]3Nc4ccccc4S(=O)(=O)N3)cc2)c1. The number of rotatable bonds is 6. The van der Waals surface area contributed by atoms with E-state index in [-0.39, 0.29) is 16.2 Å². The number of esters is 1. The van der Waals surface area contributed by atoms with Crippen molar-refractivity contribution in [2.75, 3.05) is 17.2 Å². The van der Waals surface area contributed by atoms with E-state index in [1.165, 1.54) is 31.2 Å². The standard InChI is InChI=1S/C24H21N3O6S/c1-15(28)18-5-4-6-19(13-18)25-22(29)14-33-24(30)17-11-9-16(10-12-17)23-26-20-7-2-3-8-21(20)34(31,32)27-23/h2-13,23,26-27H,14H2,1H3,(H,25,29)/t23-/m0/s1. The van der Waals surface area contributed by atoms with Gasteiger partial charge in [0.1, 0.15) is 11.1 Å². The molecule has 0 unspecified atom stereocenters. The van der Waals surface area contributed by atoms with Crippen LogP contribution in [-0.4, -0.2) is 32.7 Å². The molecule has 3 aromatic rings. The average Bonchev–Trinajstić information content (AvgIpc) is 2.82. The highest BCUT2D eigenvalue weighted by Crippen LogP contribution is 2.30. The summed E-state index contributed by atoms with van der Waals surface area (Å²) in [6, 6.07) is 19.2. The molecule has 0 saturated carbocycles. The lowest BCUT2D eigenvalue weighted by molar-refractivity contribution is -0.119. The normalized spacial score (nSPS) is 16.0. The third kappa shape index (κ3) is 5.13. The van der Waals surface area contributed by atoms with Gasteiger partial charge in [0.05, 0.1) is 11.3 Å². The van der Waals surface area contributed by atoms with Crippen molar-refractivity contribution in [2.45, 2.75) is 18.0 Å². The van der Waals surface area contributed by atoms with Crippen molar-refractivity contribution in [3.05, 3.63) is 89.5 Å². The molecule has 1 aliphatic heterocycles.